The molecule has 1 fully saturated rings. The highest BCUT2D eigenvalue weighted by molar-refractivity contribution is 5.94. The molecule has 1 heterocycles. The van der Waals surface area contributed by atoms with E-state index in [4.69, 9.17) is 9.47 Å². The summed E-state index contributed by atoms with van der Waals surface area (Å²) in [5.41, 5.74) is 1.91. The zero-order valence-electron chi connectivity index (χ0n) is 14.1. The summed E-state index contributed by atoms with van der Waals surface area (Å²) in [6.07, 6.45) is 0.853. The van der Waals surface area contributed by atoms with Crippen LogP contribution in [0.25, 0.3) is 0 Å². The predicted octanol–water partition coefficient (Wildman–Crippen LogP) is 3.17. The summed E-state index contributed by atoms with van der Waals surface area (Å²) in [7, 11) is 1.62. The van der Waals surface area contributed by atoms with E-state index < -0.39 is 0 Å². The Kier molecular flexibility index (Phi) is 5.16. The van der Waals surface area contributed by atoms with Crippen LogP contribution in [-0.4, -0.2) is 43.2 Å². The van der Waals surface area contributed by atoms with Crippen LogP contribution in [0.4, 0.5) is 0 Å². The maximum absolute atomic E-state index is 12.8. The number of carbonyl (C=O) groups excluding carboxylic acids is 1. The molecule has 0 aliphatic carbocycles. The SMILES string of the molecule is COc1ccc(C(=O)N2CC(Cc3ccccc3)OCC2C)cc1. The monoisotopic (exact) mass is 325 g/mol. The number of amides is 1. The van der Waals surface area contributed by atoms with E-state index in [2.05, 4.69) is 12.1 Å². The van der Waals surface area contributed by atoms with Gasteiger partial charge in [0, 0.05) is 18.5 Å². The molecule has 2 atom stereocenters. The van der Waals surface area contributed by atoms with E-state index in [0.29, 0.717) is 18.7 Å². The van der Waals surface area contributed by atoms with Gasteiger partial charge in [0.1, 0.15) is 5.75 Å². The van der Waals surface area contributed by atoms with Gasteiger partial charge in [-0.2, -0.15) is 0 Å². The molecule has 0 N–H and O–H groups in total. The Bertz CT molecular complexity index is 669. The minimum Gasteiger partial charge on any atom is -0.497 e. The number of nitrogens with zero attached hydrogens (tertiary/aromatic N) is 1. The third-order valence-corrected chi connectivity index (χ3v) is 4.41. The second-order valence-electron chi connectivity index (χ2n) is 6.18. The molecule has 1 aliphatic heterocycles. The Balaban J connectivity index is 1.69. The van der Waals surface area contributed by atoms with Gasteiger partial charge >= 0.3 is 0 Å². The van der Waals surface area contributed by atoms with Crippen LogP contribution in [0.3, 0.4) is 0 Å². The molecular formula is C20H23NO3. The summed E-state index contributed by atoms with van der Waals surface area (Å²) < 4.78 is 11.1. The summed E-state index contributed by atoms with van der Waals surface area (Å²) in [6.45, 7) is 3.21. The summed E-state index contributed by atoms with van der Waals surface area (Å²) >= 11 is 0. The predicted molar refractivity (Wildman–Crippen MR) is 93.4 cm³/mol. The van der Waals surface area contributed by atoms with Crippen LogP contribution in [0, 0.1) is 0 Å². The van der Waals surface area contributed by atoms with Crippen LogP contribution >= 0.6 is 0 Å². The third kappa shape index (κ3) is 3.77. The number of morpholine rings is 1. The number of hydrogen-bond donors (Lipinski definition) is 0. The van der Waals surface area contributed by atoms with E-state index in [1.165, 1.54) is 5.56 Å². The average Bonchev–Trinajstić information content (AvgIpc) is 2.64. The molecule has 0 spiro atoms. The highest BCUT2D eigenvalue weighted by atomic mass is 16.5. The van der Waals surface area contributed by atoms with Gasteiger partial charge in [0.15, 0.2) is 0 Å². The van der Waals surface area contributed by atoms with Crippen molar-refractivity contribution in [1.29, 1.82) is 0 Å². The maximum Gasteiger partial charge on any atom is 0.254 e. The molecule has 0 radical (unpaired) electrons. The number of rotatable bonds is 4. The van der Waals surface area contributed by atoms with E-state index in [-0.39, 0.29) is 18.1 Å². The van der Waals surface area contributed by atoms with Crippen molar-refractivity contribution in [2.45, 2.75) is 25.5 Å². The summed E-state index contributed by atoms with van der Waals surface area (Å²) in [6, 6.07) is 17.6. The Hall–Kier alpha value is -2.33. The molecule has 4 nitrogen and oxygen atoms in total. The van der Waals surface area contributed by atoms with Crippen molar-refractivity contribution in [1.82, 2.24) is 4.90 Å². The first-order valence-electron chi connectivity index (χ1n) is 8.28. The molecule has 1 aliphatic rings. The summed E-state index contributed by atoms with van der Waals surface area (Å²) in [4.78, 5) is 14.8. The molecule has 126 valence electrons. The fourth-order valence-corrected chi connectivity index (χ4v) is 3.00. The minimum absolute atomic E-state index is 0.0331. The molecule has 0 bridgehead atoms. The van der Waals surface area contributed by atoms with Crippen molar-refractivity contribution in [2.75, 3.05) is 20.3 Å². The third-order valence-electron chi connectivity index (χ3n) is 4.41. The van der Waals surface area contributed by atoms with Crippen molar-refractivity contribution in [3.8, 4) is 5.75 Å². The lowest BCUT2D eigenvalue weighted by atomic mass is 10.0. The van der Waals surface area contributed by atoms with Gasteiger partial charge in [-0.05, 0) is 36.8 Å². The van der Waals surface area contributed by atoms with Gasteiger partial charge < -0.3 is 14.4 Å². The molecule has 3 rings (SSSR count). The molecule has 4 heteroatoms. The van der Waals surface area contributed by atoms with Gasteiger partial charge in [0.25, 0.3) is 5.91 Å². The maximum atomic E-state index is 12.8. The van der Waals surface area contributed by atoms with Gasteiger partial charge in [0.2, 0.25) is 0 Å². The van der Waals surface area contributed by atoms with Gasteiger partial charge in [-0.25, -0.2) is 0 Å². The fraction of sp³-hybridized carbons (Fsp3) is 0.350. The van der Waals surface area contributed by atoms with Crippen LogP contribution in [0.2, 0.25) is 0 Å². The molecule has 24 heavy (non-hydrogen) atoms. The molecule has 0 saturated carbocycles. The second kappa shape index (κ2) is 7.49. The van der Waals surface area contributed by atoms with E-state index in [9.17, 15) is 4.79 Å². The molecule has 1 amide bonds. The molecule has 0 aromatic heterocycles. The smallest absolute Gasteiger partial charge is 0.254 e. The molecular weight excluding hydrogens is 302 g/mol. The van der Waals surface area contributed by atoms with Crippen LogP contribution in [0.5, 0.6) is 5.75 Å². The van der Waals surface area contributed by atoms with Crippen molar-refractivity contribution in [3.63, 3.8) is 0 Å². The number of methoxy groups -OCH3 is 1. The second-order valence-corrected chi connectivity index (χ2v) is 6.18. The largest absolute Gasteiger partial charge is 0.497 e. The van der Waals surface area contributed by atoms with Crippen LogP contribution in [0.1, 0.15) is 22.8 Å². The zero-order valence-corrected chi connectivity index (χ0v) is 14.1. The number of hydrogen-bond acceptors (Lipinski definition) is 3. The summed E-state index contributed by atoms with van der Waals surface area (Å²) in [5.74, 6) is 0.801. The average molecular weight is 325 g/mol. The van der Waals surface area contributed by atoms with Gasteiger partial charge in [-0.3, -0.25) is 4.79 Å². The number of carbonyl (C=O) groups is 1. The number of benzene rings is 2. The lowest BCUT2D eigenvalue weighted by Gasteiger charge is -2.38. The highest BCUT2D eigenvalue weighted by Gasteiger charge is 2.30. The first-order chi connectivity index (χ1) is 11.7. The van der Waals surface area contributed by atoms with Gasteiger partial charge in [-0.15, -0.1) is 0 Å². The van der Waals surface area contributed by atoms with E-state index >= 15 is 0 Å². The van der Waals surface area contributed by atoms with E-state index in [1.54, 1.807) is 7.11 Å². The fourth-order valence-electron chi connectivity index (χ4n) is 3.00. The lowest BCUT2D eigenvalue weighted by Crippen LogP contribution is -2.51. The Morgan fingerprint density at radius 3 is 2.54 bits per heavy atom. The molecule has 1 saturated heterocycles. The van der Waals surface area contributed by atoms with Crippen LogP contribution in [0.15, 0.2) is 54.6 Å². The normalized spacial score (nSPS) is 20.7. The van der Waals surface area contributed by atoms with Crippen molar-refractivity contribution in [3.05, 3.63) is 65.7 Å². The van der Waals surface area contributed by atoms with Crippen molar-refractivity contribution in [2.24, 2.45) is 0 Å². The summed E-state index contributed by atoms with van der Waals surface area (Å²) in [5, 5.41) is 0. The Morgan fingerprint density at radius 2 is 1.88 bits per heavy atom. The van der Waals surface area contributed by atoms with Gasteiger partial charge in [-0.1, -0.05) is 30.3 Å². The zero-order chi connectivity index (χ0) is 16.9. The molecule has 2 unspecified atom stereocenters. The van der Waals surface area contributed by atoms with Crippen LogP contribution < -0.4 is 4.74 Å². The van der Waals surface area contributed by atoms with E-state index in [0.717, 1.165) is 12.2 Å². The van der Waals surface area contributed by atoms with E-state index in [1.807, 2.05) is 54.3 Å². The van der Waals surface area contributed by atoms with Crippen molar-refractivity contribution < 1.29 is 14.3 Å². The highest BCUT2D eigenvalue weighted by Crippen LogP contribution is 2.20. The van der Waals surface area contributed by atoms with Crippen molar-refractivity contribution >= 4 is 5.91 Å². The number of ether oxygens (including phenoxy) is 2. The lowest BCUT2D eigenvalue weighted by molar-refractivity contribution is -0.0464. The van der Waals surface area contributed by atoms with Gasteiger partial charge in [0.05, 0.1) is 25.9 Å². The first kappa shape index (κ1) is 16.5. The Morgan fingerprint density at radius 1 is 1.17 bits per heavy atom. The van der Waals surface area contributed by atoms with Crippen LogP contribution in [-0.2, 0) is 11.2 Å². The molecule has 2 aromatic rings. The topological polar surface area (TPSA) is 38.8 Å². The minimum atomic E-state index is 0.0331. The standard InChI is InChI=1S/C20H23NO3/c1-15-14-24-19(12-16-6-4-3-5-7-16)13-21(15)20(22)17-8-10-18(23-2)11-9-17/h3-11,15,19H,12-14H2,1-2H3. The molecule has 2 aromatic carbocycles. The Labute approximate surface area is 143 Å². The quantitative estimate of drug-likeness (QED) is 0.867. The first-order valence-corrected chi connectivity index (χ1v) is 8.28.